The zero-order valence-corrected chi connectivity index (χ0v) is 18.5. The van der Waals surface area contributed by atoms with Gasteiger partial charge in [-0.3, -0.25) is 14.2 Å². The number of pyridine rings is 1. The van der Waals surface area contributed by atoms with Crippen LogP contribution in [0, 0.1) is 5.92 Å². The van der Waals surface area contributed by atoms with Gasteiger partial charge in [0.1, 0.15) is 0 Å². The lowest BCUT2D eigenvalue weighted by molar-refractivity contribution is 0.0147. The van der Waals surface area contributed by atoms with E-state index in [0.29, 0.717) is 12.5 Å². The van der Waals surface area contributed by atoms with Crippen LogP contribution in [0.25, 0.3) is 21.8 Å². The summed E-state index contributed by atoms with van der Waals surface area (Å²) < 4.78 is 30.0. The van der Waals surface area contributed by atoms with Crippen LogP contribution in [0.3, 0.4) is 0 Å². The molecule has 1 aliphatic heterocycles. The van der Waals surface area contributed by atoms with E-state index in [1.807, 2.05) is 18.5 Å². The minimum absolute atomic E-state index is 0.127. The number of methoxy groups -OCH3 is 1. The van der Waals surface area contributed by atoms with Crippen LogP contribution in [-0.4, -0.2) is 65.5 Å². The third-order valence-corrected chi connectivity index (χ3v) is 8.18. The first-order chi connectivity index (χ1) is 15.2. The van der Waals surface area contributed by atoms with Crippen molar-refractivity contribution in [2.75, 3.05) is 20.2 Å². The van der Waals surface area contributed by atoms with Crippen LogP contribution in [0.5, 0.6) is 0 Å². The van der Waals surface area contributed by atoms with Gasteiger partial charge in [-0.15, -0.1) is 0 Å². The first kappa shape index (κ1) is 20.9. The van der Waals surface area contributed by atoms with Gasteiger partial charge in [-0.25, -0.2) is 9.97 Å². The van der Waals surface area contributed by atoms with E-state index in [9.17, 15) is 8.76 Å². The van der Waals surface area contributed by atoms with Crippen LogP contribution in [0.4, 0.5) is 0 Å². The SMILES string of the molecule is COC1CCCN(C(C2CCC(c3[nH]ncc4cnc5nccc5c34)CC2)S(=O)[O-])C1. The molecule has 4 heterocycles. The molecule has 1 N–H and O–H groups in total. The predicted molar refractivity (Wildman–Crippen MR) is 118 cm³/mol. The molecule has 3 atom stereocenters. The van der Waals surface area contributed by atoms with E-state index in [0.717, 1.165) is 72.6 Å². The Kier molecular flexibility index (Phi) is 6.01. The molecule has 166 valence electrons. The third kappa shape index (κ3) is 4.00. The maximum absolute atomic E-state index is 12.2. The zero-order chi connectivity index (χ0) is 21.4. The molecule has 0 radical (unpaired) electrons. The monoisotopic (exact) mass is 442 g/mol. The van der Waals surface area contributed by atoms with E-state index in [4.69, 9.17) is 4.74 Å². The average molecular weight is 443 g/mol. The minimum Gasteiger partial charge on any atom is -0.771 e. The van der Waals surface area contributed by atoms with Crippen LogP contribution >= 0.6 is 0 Å². The Balaban J connectivity index is 1.36. The van der Waals surface area contributed by atoms with Crippen molar-refractivity contribution in [3.05, 3.63) is 30.4 Å². The standard InChI is InChI=1S/C22H29N5O3S/c1-30-17-3-2-10-27(13-17)22(31(28)29)15-6-4-14(5-7-15)20-19-16(12-25-26-20)11-24-21-18(19)8-9-23-21/h8-9,11-12,14-15,17,22,26H,2-7,10,13H2,1H3,(H,28,29)/p-1. The quantitative estimate of drug-likeness (QED) is 0.605. The highest BCUT2D eigenvalue weighted by Gasteiger charge is 2.35. The molecule has 0 bridgehead atoms. The fourth-order valence-electron chi connectivity index (χ4n) is 5.56. The molecule has 1 saturated heterocycles. The second-order valence-corrected chi connectivity index (χ2v) is 9.82. The van der Waals surface area contributed by atoms with Gasteiger partial charge in [0.25, 0.3) is 0 Å². The Bertz CT molecular complexity index is 1080. The van der Waals surface area contributed by atoms with Gasteiger partial charge in [-0.1, -0.05) is 0 Å². The molecule has 2 aliphatic rings. The summed E-state index contributed by atoms with van der Waals surface area (Å²) in [7, 11) is 1.71. The summed E-state index contributed by atoms with van der Waals surface area (Å²) in [6.07, 6.45) is 11.2. The van der Waals surface area contributed by atoms with Gasteiger partial charge in [-0.2, -0.15) is 5.10 Å². The van der Waals surface area contributed by atoms with Crippen molar-refractivity contribution in [3.8, 4) is 0 Å². The fraction of sp³-hybridized carbons (Fsp3) is 0.591. The van der Waals surface area contributed by atoms with E-state index in [1.165, 1.54) is 0 Å². The number of aromatic nitrogens is 4. The Labute approximate surface area is 184 Å². The maximum atomic E-state index is 12.2. The van der Waals surface area contributed by atoms with Crippen LogP contribution in [0.2, 0.25) is 0 Å². The molecule has 5 rings (SSSR count). The average Bonchev–Trinajstić information content (AvgIpc) is 3.28. The Morgan fingerprint density at radius 1 is 1.23 bits per heavy atom. The highest BCUT2D eigenvalue weighted by molar-refractivity contribution is 7.79. The topological polar surface area (TPSA) is 107 Å². The number of ether oxygens (including phenoxy) is 1. The first-order valence-electron chi connectivity index (χ1n) is 11.1. The van der Waals surface area contributed by atoms with Gasteiger partial charge in [0, 0.05) is 53.8 Å². The lowest BCUT2D eigenvalue weighted by Gasteiger charge is -2.44. The molecule has 9 heteroatoms. The molecule has 3 aromatic heterocycles. The molecular weight excluding hydrogens is 414 g/mol. The van der Waals surface area contributed by atoms with Crippen LogP contribution < -0.4 is 0 Å². The van der Waals surface area contributed by atoms with Crippen molar-refractivity contribution in [1.82, 2.24) is 25.1 Å². The summed E-state index contributed by atoms with van der Waals surface area (Å²) in [6, 6.07) is 2.01. The third-order valence-electron chi connectivity index (χ3n) is 7.10. The van der Waals surface area contributed by atoms with E-state index < -0.39 is 16.5 Å². The molecule has 0 amide bonds. The second kappa shape index (κ2) is 8.90. The molecule has 8 nitrogen and oxygen atoms in total. The Morgan fingerprint density at radius 3 is 2.84 bits per heavy atom. The Hall–Kier alpha value is -1.94. The number of likely N-dealkylation sites (tertiary alicyclic amines) is 1. The van der Waals surface area contributed by atoms with E-state index >= 15 is 0 Å². The van der Waals surface area contributed by atoms with Gasteiger partial charge < -0.3 is 9.29 Å². The fourth-order valence-corrected chi connectivity index (χ4v) is 6.58. The van der Waals surface area contributed by atoms with Gasteiger partial charge in [-0.05, 0) is 68.1 Å². The number of nitrogens with one attached hydrogen (secondary N) is 1. The van der Waals surface area contributed by atoms with Crippen molar-refractivity contribution in [2.24, 2.45) is 5.92 Å². The molecule has 3 unspecified atom stereocenters. The van der Waals surface area contributed by atoms with E-state index in [1.54, 1.807) is 13.3 Å². The van der Waals surface area contributed by atoms with Crippen molar-refractivity contribution >= 4 is 32.9 Å². The van der Waals surface area contributed by atoms with Crippen molar-refractivity contribution < 1.29 is 13.5 Å². The molecule has 1 aliphatic carbocycles. The summed E-state index contributed by atoms with van der Waals surface area (Å²) in [6.45, 7) is 1.53. The first-order valence-corrected chi connectivity index (χ1v) is 12.2. The maximum Gasteiger partial charge on any atom is 0.159 e. The van der Waals surface area contributed by atoms with Crippen molar-refractivity contribution in [2.45, 2.75) is 55.9 Å². The van der Waals surface area contributed by atoms with E-state index in [-0.39, 0.29) is 12.0 Å². The number of nitrogens with zero attached hydrogens (tertiary/aromatic N) is 4. The molecular formula is C22H28N5O3S-. The Morgan fingerprint density at radius 2 is 2.06 bits per heavy atom. The lowest BCUT2D eigenvalue weighted by Crippen LogP contribution is -2.50. The summed E-state index contributed by atoms with van der Waals surface area (Å²) in [5.74, 6) is 0.470. The van der Waals surface area contributed by atoms with Crippen molar-refractivity contribution in [3.63, 3.8) is 0 Å². The summed E-state index contributed by atoms with van der Waals surface area (Å²) in [5.41, 5.74) is 1.87. The highest BCUT2D eigenvalue weighted by Crippen LogP contribution is 2.41. The van der Waals surface area contributed by atoms with Gasteiger partial charge in [0.05, 0.1) is 17.7 Å². The molecule has 0 spiro atoms. The van der Waals surface area contributed by atoms with Gasteiger partial charge >= 0.3 is 0 Å². The van der Waals surface area contributed by atoms with Gasteiger partial charge in [0.15, 0.2) is 5.65 Å². The number of aromatic amines is 1. The summed E-state index contributed by atoms with van der Waals surface area (Å²) in [4.78, 5) is 10.9. The normalized spacial score (nSPS) is 27.5. The van der Waals surface area contributed by atoms with Crippen LogP contribution in [-0.2, 0) is 15.8 Å². The number of fused-ring (bicyclic) bond motifs is 3. The van der Waals surface area contributed by atoms with Crippen LogP contribution in [0.1, 0.15) is 50.1 Å². The number of hydrogen-bond donors (Lipinski definition) is 1. The second-order valence-electron chi connectivity index (χ2n) is 8.81. The molecule has 2 fully saturated rings. The summed E-state index contributed by atoms with van der Waals surface area (Å²) in [5, 5.41) is 10.4. The summed E-state index contributed by atoms with van der Waals surface area (Å²) >= 11 is -2.12. The molecule has 3 aromatic rings. The molecule has 0 aromatic carbocycles. The largest absolute Gasteiger partial charge is 0.771 e. The van der Waals surface area contributed by atoms with E-state index in [2.05, 4.69) is 25.1 Å². The zero-order valence-electron chi connectivity index (χ0n) is 17.7. The van der Waals surface area contributed by atoms with Crippen molar-refractivity contribution in [1.29, 1.82) is 0 Å². The number of rotatable bonds is 5. The number of hydrogen-bond acceptors (Lipinski definition) is 7. The lowest BCUT2D eigenvalue weighted by atomic mass is 9.79. The number of piperidine rings is 1. The number of H-pyrrole nitrogens is 1. The molecule has 31 heavy (non-hydrogen) atoms. The minimum atomic E-state index is -2.12. The molecule has 1 saturated carbocycles. The van der Waals surface area contributed by atoms with Gasteiger partial charge in [0.2, 0.25) is 0 Å². The predicted octanol–water partition coefficient (Wildman–Crippen LogP) is 3.10. The van der Waals surface area contributed by atoms with Crippen LogP contribution in [0.15, 0.2) is 24.7 Å². The smallest absolute Gasteiger partial charge is 0.159 e. The highest BCUT2D eigenvalue weighted by atomic mass is 32.2.